The van der Waals surface area contributed by atoms with Gasteiger partial charge in [-0.1, -0.05) is 34.6 Å². The Bertz CT molecular complexity index is 426. The summed E-state index contributed by atoms with van der Waals surface area (Å²) in [6.07, 6.45) is 5.70. The monoisotopic (exact) mass is 248 g/mol. The Morgan fingerprint density at radius 2 is 2.11 bits per heavy atom. The summed E-state index contributed by atoms with van der Waals surface area (Å²) in [4.78, 5) is 0. The van der Waals surface area contributed by atoms with Crippen molar-refractivity contribution in [3.05, 3.63) is 23.5 Å². The molecule has 2 rings (SSSR count). The van der Waals surface area contributed by atoms with Gasteiger partial charge in [0.25, 0.3) is 0 Å². The molecule has 2 heteroatoms. The molecule has 1 aromatic rings. The first-order valence-electron chi connectivity index (χ1n) is 7.18. The average Bonchev–Trinajstić information content (AvgIpc) is 2.59. The Morgan fingerprint density at radius 3 is 2.72 bits per heavy atom. The average molecular weight is 248 g/mol. The SMILES string of the molecule is CCC(C)(C)Cn1ccc2c1CC(C)(C)CC2N. The first-order valence-corrected chi connectivity index (χ1v) is 7.18. The molecule has 0 amide bonds. The van der Waals surface area contributed by atoms with Crippen LogP contribution in [0.4, 0.5) is 0 Å². The molecule has 0 saturated carbocycles. The molecule has 1 unspecified atom stereocenters. The van der Waals surface area contributed by atoms with Gasteiger partial charge >= 0.3 is 0 Å². The van der Waals surface area contributed by atoms with Crippen molar-refractivity contribution in [3.8, 4) is 0 Å². The van der Waals surface area contributed by atoms with Gasteiger partial charge in [0.05, 0.1) is 0 Å². The van der Waals surface area contributed by atoms with Crippen LogP contribution < -0.4 is 5.73 Å². The van der Waals surface area contributed by atoms with Crippen LogP contribution >= 0.6 is 0 Å². The van der Waals surface area contributed by atoms with Gasteiger partial charge in [-0.3, -0.25) is 0 Å². The Hall–Kier alpha value is -0.760. The number of aromatic nitrogens is 1. The molecular formula is C16H28N2. The smallest absolute Gasteiger partial charge is 0.0318 e. The summed E-state index contributed by atoms with van der Waals surface area (Å²) in [5, 5.41) is 0. The zero-order valence-electron chi connectivity index (χ0n) is 12.6. The largest absolute Gasteiger partial charge is 0.351 e. The summed E-state index contributed by atoms with van der Waals surface area (Å²) >= 11 is 0. The Morgan fingerprint density at radius 1 is 1.44 bits per heavy atom. The highest BCUT2D eigenvalue weighted by molar-refractivity contribution is 5.30. The first-order chi connectivity index (χ1) is 8.24. The summed E-state index contributed by atoms with van der Waals surface area (Å²) in [6.45, 7) is 12.7. The van der Waals surface area contributed by atoms with E-state index in [1.807, 2.05) is 0 Å². The van der Waals surface area contributed by atoms with Crippen LogP contribution in [0.2, 0.25) is 0 Å². The van der Waals surface area contributed by atoms with E-state index in [4.69, 9.17) is 5.73 Å². The highest BCUT2D eigenvalue weighted by atomic mass is 15.0. The van der Waals surface area contributed by atoms with Crippen LogP contribution in [0, 0.1) is 10.8 Å². The van der Waals surface area contributed by atoms with Crippen molar-refractivity contribution in [2.24, 2.45) is 16.6 Å². The molecule has 0 radical (unpaired) electrons. The van der Waals surface area contributed by atoms with Crippen LogP contribution in [-0.2, 0) is 13.0 Å². The summed E-state index contributed by atoms with van der Waals surface area (Å²) in [6, 6.07) is 2.45. The van der Waals surface area contributed by atoms with Gasteiger partial charge in [0, 0.05) is 24.5 Å². The van der Waals surface area contributed by atoms with Crippen molar-refractivity contribution < 1.29 is 0 Å². The van der Waals surface area contributed by atoms with Crippen LogP contribution in [0.15, 0.2) is 12.3 Å². The Balaban J connectivity index is 2.31. The maximum atomic E-state index is 6.32. The summed E-state index contributed by atoms with van der Waals surface area (Å²) < 4.78 is 2.44. The molecule has 0 fully saturated rings. The first kappa shape index (κ1) is 13.7. The van der Waals surface area contributed by atoms with Crippen LogP contribution in [0.3, 0.4) is 0 Å². The number of nitrogens with two attached hydrogens (primary N) is 1. The normalized spacial score (nSPS) is 22.9. The summed E-state index contributed by atoms with van der Waals surface area (Å²) in [5.74, 6) is 0. The number of nitrogens with zero attached hydrogens (tertiary/aromatic N) is 1. The molecule has 0 saturated heterocycles. The van der Waals surface area contributed by atoms with E-state index in [0.717, 1.165) is 19.4 Å². The maximum absolute atomic E-state index is 6.32. The second-order valence-electron chi connectivity index (χ2n) is 7.52. The van der Waals surface area contributed by atoms with Crippen LogP contribution in [0.5, 0.6) is 0 Å². The van der Waals surface area contributed by atoms with Crippen molar-refractivity contribution in [3.63, 3.8) is 0 Å². The van der Waals surface area contributed by atoms with E-state index in [1.165, 1.54) is 17.7 Å². The van der Waals surface area contributed by atoms with Gasteiger partial charge in [-0.05, 0) is 41.7 Å². The molecule has 2 nitrogen and oxygen atoms in total. The lowest BCUT2D eigenvalue weighted by Crippen LogP contribution is -2.31. The standard InChI is InChI=1S/C16H28N2/c1-6-15(2,3)11-18-8-7-12-13(17)9-16(4,5)10-14(12)18/h7-8,13H,6,9-11,17H2,1-5H3. The predicted octanol–water partition coefficient (Wildman–Crippen LogP) is 3.90. The molecule has 1 aliphatic rings. The van der Waals surface area contributed by atoms with E-state index >= 15 is 0 Å². The Labute approximate surface area is 112 Å². The quantitative estimate of drug-likeness (QED) is 0.864. The second-order valence-corrected chi connectivity index (χ2v) is 7.52. The summed E-state index contributed by atoms with van der Waals surface area (Å²) in [5.41, 5.74) is 9.86. The third-order valence-electron chi connectivity index (χ3n) is 4.49. The van der Waals surface area contributed by atoms with E-state index < -0.39 is 0 Å². The molecule has 0 aromatic carbocycles. The molecule has 2 N–H and O–H groups in total. The fraction of sp³-hybridized carbons (Fsp3) is 0.750. The van der Waals surface area contributed by atoms with Crippen molar-refractivity contribution in [1.82, 2.24) is 4.57 Å². The van der Waals surface area contributed by atoms with Crippen molar-refractivity contribution in [2.45, 2.75) is 66.5 Å². The predicted molar refractivity (Wildman–Crippen MR) is 77.5 cm³/mol. The summed E-state index contributed by atoms with van der Waals surface area (Å²) in [7, 11) is 0. The van der Waals surface area contributed by atoms with Crippen molar-refractivity contribution in [1.29, 1.82) is 0 Å². The molecule has 18 heavy (non-hydrogen) atoms. The highest BCUT2D eigenvalue weighted by Gasteiger charge is 2.33. The minimum Gasteiger partial charge on any atom is -0.351 e. The van der Waals surface area contributed by atoms with Gasteiger partial charge in [-0.15, -0.1) is 0 Å². The van der Waals surface area contributed by atoms with Crippen LogP contribution in [0.25, 0.3) is 0 Å². The number of fused-ring (bicyclic) bond motifs is 1. The fourth-order valence-corrected chi connectivity index (χ4v) is 3.02. The van der Waals surface area contributed by atoms with Crippen molar-refractivity contribution in [2.75, 3.05) is 0 Å². The molecule has 0 spiro atoms. The van der Waals surface area contributed by atoms with E-state index in [-0.39, 0.29) is 6.04 Å². The van der Waals surface area contributed by atoms with Crippen molar-refractivity contribution >= 4 is 0 Å². The molecule has 1 aliphatic carbocycles. The van der Waals surface area contributed by atoms with Gasteiger partial charge in [0.2, 0.25) is 0 Å². The lowest BCUT2D eigenvalue weighted by molar-refractivity contribution is 0.254. The van der Waals surface area contributed by atoms with E-state index in [2.05, 4.69) is 51.4 Å². The molecule has 0 bridgehead atoms. The molecule has 1 heterocycles. The number of rotatable bonds is 3. The highest BCUT2D eigenvalue weighted by Crippen LogP contribution is 2.40. The van der Waals surface area contributed by atoms with E-state index in [9.17, 15) is 0 Å². The minimum absolute atomic E-state index is 0.217. The molecule has 102 valence electrons. The van der Waals surface area contributed by atoms with E-state index in [0.29, 0.717) is 10.8 Å². The lowest BCUT2D eigenvalue weighted by atomic mass is 9.74. The van der Waals surface area contributed by atoms with Gasteiger partial charge in [-0.25, -0.2) is 0 Å². The van der Waals surface area contributed by atoms with Gasteiger partial charge in [-0.2, -0.15) is 0 Å². The van der Waals surface area contributed by atoms with E-state index in [1.54, 1.807) is 0 Å². The van der Waals surface area contributed by atoms with Gasteiger partial charge < -0.3 is 10.3 Å². The van der Waals surface area contributed by atoms with Crippen LogP contribution in [-0.4, -0.2) is 4.57 Å². The molecular weight excluding hydrogens is 220 g/mol. The number of hydrogen-bond donors (Lipinski definition) is 1. The Kier molecular flexibility index (Phi) is 3.35. The molecule has 1 aromatic heterocycles. The fourth-order valence-electron chi connectivity index (χ4n) is 3.02. The van der Waals surface area contributed by atoms with Gasteiger partial charge in [0.1, 0.15) is 0 Å². The zero-order chi connectivity index (χ0) is 13.6. The molecule has 1 atom stereocenters. The third-order valence-corrected chi connectivity index (χ3v) is 4.49. The van der Waals surface area contributed by atoms with Gasteiger partial charge in [0.15, 0.2) is 0 Å². The lowest BCUT2D eigenvalue weighted by Gasteiger charge is -2.35. The maximum Gasteiger partial charge on any atom is 0.0318 e. The topological polar surface area (TPSA) is 30.9 Å². The van der Waals surface area contributed by atoms with Crippen LogP contribution in [0.1, 0.15) is 64.8 Å². The third kappa shape index (κ3) is 2.64. The minimum atomic E-state index is 0.217. The number of hydrogen-bond acceptors (Lipinski definition) is 1. The zero-order valence-corrected chi connectivity index (χ0v) is 12.6. The molecule has 0 aliphatic heterocycles. The second kappa shape index (κ2) is 4.41.